The van der Waals surface area contributed by atoms with E-state index in [2.05, 4.69) is 118 Å². The average Bonchev–Trinajstić information content (AvgIpc) is 3.29. The zero-order valence-electron chi connectivity index (χ0n) is 44.5. The van der Waals surface area contributed by atoms with Crippen LogP contribution in [0.15, 0.2) is 97.1 Å². The van der Waals surface area contributed by atoms with Crippen molar-refractivity contribution in [3.8, 4) is 23.0 Å². The molecule has 388 valence electrons. The Kier molecular flexibility index (Phi) is 15.1. The number of hydrogen-bond acceptors (Lipinski definition) is 10. The number of phenols is 2. The summed E-state index contributed by atoms with van der Waals surface area (Å²) in [6.45, 7) is 24.5. The number of non-ortho nitro benzene ring substituents is 2. The Balaban J connectivity index is 1.44. The Morgan fingerprint density at radius 1 is 0.446 bits per heavy atom. The molecule has 4 N–H and O–H groups in total. The molecule has 7 rings (SSSR count). The molecule has 8 bridgehead atoms. The fourth-order valence-electron chi connectivity index (χ4n) is 9.02. The van der Waals surface area contributed by atoms with Gasteiger partial charge in [-0.3, -0.25) is 29.8 Å². The number of anilines is 2. The van der Waals surface area contributed by atoms with Crippen molar-refractivity contribution in [1.29, 1.82) is 0 Å². The number of amides is 2. The molecule has 0 saturated heterocycles. The maximum absolute atomic E-state index is 13.7. The summed E-state index contributed by atoms with van der Waals surface area (Å²) in [6, 6.07) is 27.4. The van der Waals surface area contributed by atoms with Crippen LogP contribution in [0.2, 0.25) is 0 Å². The van der Waals surface area contributed by atoms with Crippen molar-refractivity contribution in [3.63, 3.8) is 0 Å². The first-order valence-corrected chi connectivity index (χ1v) is 24.8. The van der Waals surface area contributed by atoms with Gasteiger partial charge in [-0.15, -0.1) is 0 Å². The molecule has 74 heavy (non-hydrogen) atoms. The minimum Gasteiger partial charge on any atom is -0.507 e. The zero-order chi connectivity index (χ0) is 54.2. The number of rotatable bonds is 10. The summed E-state index contributed by atoms with van der Waals surface area (Å²) in [7, 11) is 0. The summed E-state index contributed by atoms with van der Waals surface area (Å²) in [6.07, 6.45) is 0.769. The standard InChI is InChI=1S/C60H68N4O10/c1-57(2,3)43-25-35-21-39-29-45(59(7,8)9)31-41(55(39)73-33-51(65)61-47-13-17-49(18-14-47)63(69)70)23-37-27-44(58(4,5)6)28-38(54(37)68)24-42-32-46(60(10,11)12)30-40(22-36(26-43)53(35)67)56(42)74-34-52(66)62-48-15-19-50(20-16-48)64(71)72/h13-20,25-32,67-68H,21-24,33-34H2,1-12H3,(H,61,65)(H,62,66). The molecule has 0 atom stereocenters. The van der Waals surface area contributed by atoms with Crippen LogP contribution in [0, 0.1) is 20.2 Å². The highest BCUT2D eigenvalue weighted by Gasteiger charge is 2.29. The Morgan fingerprint density at radius 2 is 0.676 bits per heavy atom. The lowest BCUT2D eigenvalue weighted by atomic mass is 9.79. The number of carbonyl (C=O) groups is 2. The summed E-state index contributed by atoms with van der Waals surface area (Å²) < 4.78 is 13.3. The molecule has 0 saturated carbocycles. The molecule has 0 aliphatic heterocycles. The Bertz CT molecular complexity index is 2840. The number of aromatic hydroxyl groups is 2. The maximum Gasteiger partial charge on any atom is 0.269 e. The smallest absolute Gasteiger partial charge is 0.269 e. The van der Waals surface area contributed by atoms with Crippen LogP contribution in [0.3, 0.4) is 0 Å². The number of hydrogen-bond donors (Lipinski definition) is 4. The molecule has 1 aliphatic carbocycles. The lowest BCUT2D eigenvalue weighted by Crippen LogP contribution is -2.22. The first kappa shape index (κ1) is 54.0. The van der Waals surface area contributed by atoms with Crippen molar-refractivity contribution in [1.82, 2.24) is 0 Å². The largest absolute Gasteiger partial charge is 0.507 e. The van der Waals surface area contributed by atoms with Crippen LogP contribution < -0.4 is 20.1 Å². The Morgan fingerprint density at radius 3 is 0.892 bits per heavy atom. The predicted octanol–water partition coefficient (Wildman–Crippen LogP) is 12.8. The van der Waals surface area contributed by atoms with Crippen molar-refractivity contribution in [2.75, 3.05) is 23.8 Å². The fourth-order valence-corrected chi connectivity index (χ4v) is 9.02. The van der Waals surface area contributed by atoms with Crippen LogP contribution in [-0.2, 0) is 56.9 Å². The van der Waals surface area contributed by atoms with Gasteiger partial charge in [0, 0.05) is 61.3 Å². The normalized spacial score (nSPS) is 12.9. The van der Waals surface area contributed by atoms with E-state index in [-0.39, 0.29) is 70.2 Å². The molecule has 0 spiro atoms. The third-order valence-corrected chi connectivity index (χ3v) is 13.4. The number of nitrogens with zero attached hydrogens (tertiary/aromatic N) is 2. The molecule has 2 amide bonds. The molecular formula is C60H68N4O10. The molecule has 0 unspecified atom stereocenters. The number of nitrogens with one attached hydrogen (secondary N) is 2. The average molecular weight is 1010 g/mol. The summed E-state index contributed by atoms with van der Waals surface area (Å²) >= 11 is 0. The molecular weight excluding hydrogens is 937 g/mol. The Labute approximate surface area is 433 Å². The molecule has 0 aromatic heterocycles. The van der Waals surface area contributed by atoms with E-state index >= 15 is 0 Å². The predicted molar refractivity (Wildman–Crippen MR) is 290 cm³/mol. The number of nitro groups is 2. The Hall–Kier alpha value is -7.74. The number of benzene rings is 6. The molecule has 6 aromatic rings. The molecule has 0 radical (unpaired) electrons. The van der Waals surface area contributed by atoms with Crippen molar-refractivity contribution >= 4 is 34.6 Å². The van der Waals surface area contributed by atoms with Crippen LogP contribution in [0.25, 0.3) is 0 Å². The van der Waals surface area contributed by atoms with E-state index in [9.17, 15) is 40.0 Å². The second kappa shape index (κ2) is 20.6. The highest BCUT2D eigenvalue weighted by atomic mass is 16.6. The van der Waals surface area contributed by atoms with Gasteiger partial charge in [-0.05, 0) is 113 Å². The van der Waals surface area contributed by atoms with E-state index < -0.39 is 34.9 Å². The van der Waals surface area contributed by atoms with E-state index in [1.54, 1.807) is 0 Å². The number of fused-ring (bicyclic) bond motifs is 8. The zero-order valence-corrected chi connectivity index (χ0v) is 44.5. The summed E-state index contributed by atoms with van der Waals surface area (Å²) in [5, 5.41) is 53.5. The van der Waals surface area contributed by atoms with E-state index in [1.807, 2.05) is 24.3 Å². The quantitative estimate of drug-likeness (QED) is 0.0754. The molecule has 14 nitrogen and oxygen atoms in total. The number of ether oxygens (including phenoxy) is 2. The van der Waals surface area contributed by atoms with Gasteiger partial charge in [0.25, 0.3) is 23.2 Å². The minimum absolute atomic E-state index is 0.0666. The third-order valence-electron chi connectivity index (χ3n) is 13.4. The monoisotopic (exact) mass is 1000 g/mol. The summed E-state index contributed by atoms with van der Waals surface area (Å²) in [5.41, 5.74) is 8.24. The van der Waals surface area contributed by atoms with Gasteiger partial charge in [-0.25, -0.2) is 0 Å². The van der Waals surface area contributed by atoms with Gasteiger partial charge >= 0.3 is 0 Å². The first-order valence-electron chi connectivity index (χ1n) is 24.8. The summed E-state index contributed by atoms with van der Waals surface area (Å²) in [5.74, 6) is 0.00549. The van der Waals surface area contributed by atoms with Crippen LogP contribution in [0.4, 0.5) is 22.7 Å². The number of phenolic OH excluding ortho intramolecular Hbond substituents is 2. The van der Waals surface area contributed by atoms with Crippen molar-refractivity contribution in [2.45, 2.75) is 130 Å². The molecule has 0 fully saturated rings. The van der Waals surface area contributed by atoms with Gasteiger partial charge in [0.15, 0.2) is 13.2 Å². The number of nitro benzene ring substituents is 2. The van der Waals surface area contributed by atoms with E-state index in [0.29, 0.717) is 67.4 Å². The summed E-state index contributed by atoms with van der Waals surface area (Å²) in [4.78, 5) is 49.0. The highest BCUT2D eigenvalue weighted by molar-refractivity contribution is 5.92. The van der Waals surface area contributed by atoms with Crippen molar-refractivity contribution < 1.29 is 39.1 Å². The van der Waals surface area contributed by atoms with Gasteiger partial charge < -0.3 is 30.3 Å². The third kappa shape index (κ3) is 12.7. The van der Waals surface area contributed by atoms with E-state index in [4.69, 9.17) is 9.47 Å². The molecule has 6 aromatic carbocycles. The van der Waals surface area contributed by atoms with Gasteiger partial charge in [0.1, 0.15) is 23.0 Å². The van der Waals surface area contributed by atoms with Gasteiger partial charge in [-0.1, -0.05) is 132 Å². The van der Waals surface area contributed by atoms with Crippen LogP contribution in [-0.4, -0.2) is 45.1 Å². The van der Waals surface area contributed by atoms with Gasteiger partial charge in [-0.2, -0.15) is 0 Å². The SMILES string of the molecule is CC(C)(C)c1cc2c(O)c(c1)Cc1cc(C(C)(C)C)cc(c1OCC(=O)Nc1ccc([N+](=O)[O-])cc1)Cc1cc(C(C)(C)C)cc(c1O)Cc1cc(C(C)(C)C)cc(c1OCC(=O)Nc1ccc([N+](=O)[O-])cc1)C2. The fraction of sp³-hybridized carbons (Fsp3) is 0.367. The van der Waals surface area contributed by atoms with Gasteiger partial charge in [0.05, 0.1) is 9.85 Å². The molecule has 1 aliphatic rings. The first-order chi connectivity index (χ1) is 34.4. The van der Waals surface area contributed by atoms with E-state index in [0.717, 1.165) is 22.3 Å². The lowest BCUT2D eigenvalue weighted by Gasteiger charge is -2.28. The van der Waals surface area contributed by atoms with Crippen molar-refractivity contribution in [2.24, 2.45) is 0 Å². The molecule has 14 heteroatoms. The highest BCUT2D eigenvalue weighted by Crippen LogP contribution is 2.44. The lowest BCUT2D eigenvalue weighted by molar-refractivity contribution is -0.385. The van der Waals surface area contributed by atoms with E-state index in [1.165, 1.54) is 48.5 Å². The maximum atomic E-state index is 13.7. The topological polar surface area (TPSA) is 203 Å². The molecule has 0 heterocycles. The van der Waals surface area contributed by atoms with Crippen LogP contribution in [0.1, 0.15) is 150 Å². The second-order valence-electron chi connectivity index (χ2n) is 23.5. The van der Waals surface area contributed by atoms with Crippen LogP contribution in [0.5, 0.6) is 23.0 Å². The van der Waals surface area contributed by atoms with Crippen LogP contribution >= 0.6 is 0 Å². The van der Waals surface area contributed by atoms with Crippen molar-refractivity contribution in [3.05, 3.63) is 184 Å². The number of carbonyl (C=O) groups excluding carboxylic acids is 2. The second-order valence-corrected chi connectivity index (χ2v) is 23.5. The van der Waals surface area contributed by atoms with Gasteiger partial charge in [0.2, 0.25) is 0 Å². The minimum atomic E-state index is -0.509.